The molecule has 0 aliphatic heterocycles. The summed E-state index contributed by atoms with van der Waals surface area (Å²) in [7, 11) is 1.59. The lowest BCUT2D eigenvalue weighted by Gasteiger charge is -2.13. The van der Waals surface area contributed by atoms with Crippen LogP contribution in [0.25, 0.3) is 10.9 Å². The van der Waals surface area contributed by atoms with Gasteiger partial charge in [-0.2, -0.15) is 0 Å². The van der Waals surface area contributed by atoms with Gasteiger partial charge in [-0.05, 0) is 24.6 Å². The second kappa shape index (κ2) is 9.56. The Kier molecular flexibility index (Phi) is 7.43. The minimum absolute atomic E-state index is 0.0108. The zero-order valence-corrected chi connectivity index (χ0v) is 15.9. The summed E-state index contributed by atoms with van der Waals surface area (Å²) < 4.78 is 6.55. The third-order valence-electron chi connectivity index (χ3n) is 3.32. The van der Waals surface area contributed by atoms with Crippen molar-refractivity contribution in [1.29, 1.82) is 0 Å². The van der Waals surface area contributed by atoms with E-state index in [1.807, 2.05) is 0 Å². The Hall–Kier alpha value is -2.10. The Bertz CT molecular complexity index is 871. The molecule has 0 spiro atoms. The number of amides is 2. The zero-order chi connectivity index (χ0) is 19.1. The number of benzene rings is 1. The van der Waals surface area contributed by atoms with Crippen LogP contribution in [0.5, 0.6) is 0 Å². The summed E-state index contributed by atoms with van der Waals surface area (Å²) in [4.78, 5) is 39.9. The standard InChI is InChI=1S/C16H19ClN4O4S/c1-10(22)19-20-14(23)9-26-16-18-13-8-11(17)4-5-12(13)15(24)21(16)6-3-7-25-2/h4-5,8H,3,6-7,9H2,1-2H3,(H,19,22)(H,20,23). The van der Waals surface area contributed by atoms with Crippen molar-refractivity contribution in [3.8, 4) is 0 Å². The van der Waals surface area contributed by atoms with Gasteiger partial charge in [-0.1, -0.05) is 23.4 Å². The maximum atomic E-state index is 12.8. The first-order chi connectivity index (χ1) is 12.4. The maximum Gasteiger partial charge on any atom is 0.262 e. The van der Waals surface area contributed by atoms with E-state index in [9.17, 15) is 14.4 Å². The largest absolute Gasteiger partial charge is 0.385 e. The minimum atomic E-state index is -0.408. The molecule has 26 heavy (non-hydrogen) atoms. The van der Waals surface area contributed by atoms with Gasteiger partial charge in [-0.3, -0.25) is 29.8 Å². The van der Waals surface area contributed by atoms with Crippen molar-refractivity contribution in [2.75, 3.05) is 19.5 Å². The number of ether oxygens (including phenoxy) is 1. The van der Waals surface area contributed by atoms with Crippen LogP contribution >= 0.6 is 23.4 Å². The van der Waals surface area contributed by atoms with Crippen molar-refractivity contribution < 1.29 is 14.3 Å². The van der Waals surface area contributed by atoms with E-state index in [1.165, 1.54) is 11.5 Å². The number of rotatable bonds is 7. The van der Waals surface area contributed by atoms with E-state index >= 15 is 0 Å². The molecule has 0 bridgehead atoms. The lowest BCUT2D eigenvalue weighted by Crippen LogP contribution is -2.41. The zero-order valence-electron chi connectivity index (χ0n) is 14.4. The second-order valence-electron chi connectivity index (χ2n) is 5.38. The number of fused-ring (bicyclic) bond motifs is 1. The van der Waals surface area contributed by atoms with Crippen LogP contribution in [0, 0.1) is 0 Å². The molecule has 2 amide bonds. The van der Waals surface area contributed by atoms with Crippen molar-refractivity contribution in [3.05, 3.63) is 33.6 Å². The van der Waals surface area contributed by atoms with Gasteiger partial charge in [0.15, 0.2) is 5.16 Å². The number of aromatic nitrogens is 2. The predicted molar refractivity (Wildman–Crippen MR) is 100 cm³/mol. The molecule has 0 saturated carbocycles. The molecule has 2 rings (SSSR count). The average Bonchev–Trinajstić information content (AvgIpc) is 2.60. The van der Waals surface area contributed by atoms with Crippen molar-refractivity contribution in [3.63, 3.8) is 0 Å². The molecule has 2 aromatic rings. The van der Waals surface area contributed by atoms with Crippen molar-refractivity contribution in [1.82, 2.24) is 20.4 Å². The van der Waals surface area contributed by atoms with E-state index in [4.69, 9.17) is 16.3 Å². The SMILES string of the molecule is COCCCn1c(SCC(=O)NNC(C)=O)nc2cc(Cl)ccc2c1=O. The van der Waals surface area contributed by atoms with Gasteiger partial charge in [-0.15, -0.1) is 0 Å². The number of hydrogen-bond acceptors (Lipinski definition) is 6. The monoisotopic (exact) mass is 398 g/mol. The van der Waals surface area contributed by atoms with Gasteiger partial charge >= 0.3 is 0 Å². The smallest absolute Gasteiger partial charge is 0.262 e. The molecule has 0 aliphatic carbocycles. The van der Waals surface area contributed by atoms with Crippen LogP contribution in [0.2, 0.25) is 5.02 Å². The summed E-state index contributed by atoms with van der Waals surface area (Å²) in [5.74, 6) is -0.796. The third kappa shape index (κ3) is 5.45. The summed E-state index contributed by atoms with van der Waals surface area (Å²) in [6, 6.07) is 4.89. The summed E-state index contributed by atoms with van der Waals surface area (Å²) in [6.07, 6.45) is 0.628. The van der Waals surface area contributed by atoms with Crippen LogP contribution in [0.15, 0.2) is 28.2 Å². The summed E-state index contributed by atoms with van der Waals surface area (Å²) in [6.45, 7) is 2.20. The van der Waals surface area contributed by atoms with E-state index in [0.717, 1.165) is 11.8 Å². The number of nitrogens with one attached hydrogen (secondary N) is 2. The normalized spacial score (nSPS) is 10.7. The topological polar surface area (TPSA) is 102 Å². The number of halogens is 1. The molecule has 1 heterocycles. The Morgan fingerprint density at radius 2 is 2.12 bits per heavy atom. The number of nitrogens with zero attached hydrogens (tertiary/aromatic N) is 2. The van der Waals surface area contributed by atoms with Crippen LogP contribution in [-0.2, 0) is 20.9 Å². The van der Waals surface area contributed by atoms with Crippen molar-refractivity contribution >= 4 is 46.1 Å². The number of methoxy groups -OCH3 is 1. The Balaban J connectivity index is 2.28. The molecule has 1 aromatic heterocycles. The van der Waals surface area contributed by atoms with Crippen LogP contribution in [0.4, 0.5) is 0 Å². The number of carbonyl (C=O) groups is 2. The molecule has 10 heteroatoms. The number of hydrogen-bond donors (Lipinski definition) is 2. The molecule has 8 nitrogen and oxygen atoms in total. The van der Waals surface area contributed by atoms with Crippen LogP contribution in [0.3, 0.4) is 0 Å². The van der Waals surface area contributed by atoms with Crippen molar-refractivity contribution in [2.24, 2.45) is 0 Å². The van der Waals surface area contributed by atoms with Gasteiger partial charge in [0, 0.05) is 32.2 Å². The summed E-state index contributed by atoms with van der Waals surface area (Å²) in [5.41, 5.74) is 4.75. The first kappa shape index (κ1) is 20.2. The van der Waals surface area contributed by atoms with Crippen molar-refractivity contribution in [2.45, 2.75) is 25.0 Å². The average molecular weight is 399 g/mol. The number of hydrazine groups is 1. The quantitative estimate of drug-likeness (QED) is 0.316. The van der Waals surface area contributed by atoms with Gasteiger partial charge in [-0.25, -0.2) is 4.98 Å². The molecule has 0 radical (unpaired) electrons. The molecule has 0 aliphatic rings. The second-order valence-corrected chi connectivity index (χ2v) is 6.76. The molecule has 0 unspecified atom stereocenters. The lowest BCUT2D eigenvalue weighted by molar-refractivity contribution is -0.126. The fraction of sp³-hybridized carbons (Fsp3) is 0.375. The lowest BCUT2D eigenvalue weighted by atomic mass is 10.2. The highest BCUT2D eigenvalue weighted by Gasteiger charge is 2.13. The van der Waals surface area contributed by atoms with E-state index < -0.39 is 5.91 Å². The highest BCUT2D eigenvalue weighted by atomic mass is 35.5. The van der Waals surface area contributed by atoms with Gasteiger partial charge in [0.1, 0.15) is 0 Å². The summed E-state index contributed by atoms with van der Waals surface area (Å²) in [5, 5.41) is 1.33. The molecule has 140 valence electrons. The molecule has 2 N–H and O–H groups in total. The maximum absolute atomic E-state index is 12.8. The van der Waals surface area contributed by atoms with Crippen LogP contribution in [-0.4, -0.2) is 40.8 Å². The fourth-order valence-corrected chi connectivity index (χ4v) is 3.16. The fourth-order valence-electron chi connectivity index (χ4n) is 2.17. The Labute approximate surface area is 159 Å². The molecular weight excluding hydrogens is 380 g/mol. The van der Waals surface area contributed by atoms with E-state index in [0.29, 0.717) is 40.7 Å². The van der Waals surface area contributed by atoms with E-state index in [-0.39, 0.29) is 17.2 Å². The minimum Gasteiger partial charge on any atom is -0.385 e. The molecule has 1 aromatic carbocycles. The van der Waals surface area contributed by atoms with Gasteiger partial charge < -0.3 is 4.74 Å². The molecular formula is C16H19ClN4O4S. The van der Waals surface area contributed by atoms with Gasteiger partial charge in [0.2, 0.25) is 11.8 Å². The Morgan fingerprint density at radius 3 is 2.81 bits per heavy atom. The summed E-state index contributed by atoms with van der Waals surface area (Å²) >= 11 is 7.09. The Morgan fingerprint density at radius 1 is 1.35 bits per heavy atom. The van der Waals surface area contributed by atoms with Crippen LogP contribution in [0.1, 0.15) is 13.3 Å². The first-order valence-corrected chi connectivity index (χ1v) is 9.16. The van der Waals surface area contributed by atoms with E-state index in [2.05, 4.69) is 15.8 Å². The third-order valence-corrected chi connectivity index (χ3v) is 4.53. The molecule has 0 fully saturated rings. The molecule has 0 atom stereocenters. The van der Waals surface area contributed by atoms with Gasteiger partial charge in [0.05, 0.1) is 16.7 Å². The molecule has 0 saturated heterocycles. The predicted octanol–water partition coefficient (Wildman–Crippen LogP) is 1.35. The number of thioether (sulfide) groups is 1. The highest BCUT2D eigenvalue weighted by Crippen LogP contribution is 2.20. The van der Waals surface area contributed by atoms with Gasteiger partial charge in [0.25, 0.3) is 5.56 Å². The number of carbonyl (C=O) groups excluding carboxylic acids is 2. The van der Waals surface area contributed by atoms with E-state index in [1.54, 1.807) is 25.3 Å². The first-order valence-electron chi connectivity index (χ1n) is 7.79. The highest BCUT2D eigenvalue weighted by molar-refractivity contribution is 7.99. The van der Waals surface area contributed by atoms with Crippen LogP contribution < -0.4 is 16.4 Å².